The van der Waals surface area contributed by atoms with Gasteiger partial charge in [0.15, 0.2) is 0 Å². The third-order valence-electron chi connectivity index (χ3n) is 3.47. The Kier molecular flexibility index (Phi) is 7.59. The summed E-state index contributed by atoms with van der Waals surface area (Å²) in [6.45, 7) is 16.9. The van der Waals surface area contributed by atoms with Gasteiger partial charge in [-0.1, -0.05) is 31.7 Å². The molecule has 0 aromatic carbocycles. The van der Waals surface area contributed by atoms with Crippen LogP contribution < -0.4 is 11.1 Å². The molecule has 11 heteroatoms. The number of allylic oxidation sites excluding steroid dienone is 1. The van der Waals surface area contributed by atoms with Gasteiger partial charge in [0.05, 0.1) is 0 Å². The standard InChI is InChI=1S/C9H22B2N8S.C3H6/c1-6-7-17-10(4)13-8-14-15-16-18(8)9(2,3)20-19(12)11(17)5;1-3-2/h6-7,12H2,1-5H3,(H,13,14,16);3H,1H2,2H3. The van der Waals surface area contributed by atoms with Crippen molar-refractivity contribution in [2.45, 2.75) is 52.6 Å². The van der Waals surface area contributed by atoms with Crippen LogP contribution in [-0.4, -0.2) is 49.8 Å². The van der Waals surface area contributed by atoms with Crippen molar-refractivity contribution < 1.29 is 0 Å². The number of nitrogens with zero attached hydrogens (tertiary/aromatic N) is 6. The number of nitrogens with two attached hydrogens (primary N) is 1. The lowest BCUT2D eigenvalue weighted by Gasteiger charge is -2.35. The maximum atomic E-state index is 6.25. The predicted octanol–water partition coefficient (Wildman–Crippen LogP) is 1.76. The van der Waals surface area contributed by atoms with Gasteiger partial charge in [-0.15, -0.1) is 6.58 Å². The first-order valence-electron chi connectivity index (χ1n) is 7.89. The quantitative estimate of drug-likeness (QED) is 0.365. The number of hydrogen-bond acceptors (Lipinski definition) is 8. The summed E-state index contributed by atoms with van der Waals surface area (Å²) in [6, 6.07) is 0. The van der Waals surface area contributed by atoms with Crippen LogP contribution in [0.25, 0.3) is 0 Å². The van der Waals surface area contributed by atoms with Gasteiger partial charge in [-0.3, -0.25) is 5.84 Å². The van der Waals surface area contributed by atoms with Crippen molar-refractivity contribution in [2.24, 2.45) is 5.84 Å². The molecule has 1 aromatic heterocycles. The molecule has 0 saturated carbocycles. The van der Waals surface area contributed by atoms with Crippen molar-refractivity contribution in [3.8, 4) is 0 Å². The summed E-state index contributed by atoms with van der Waals surface area (Å²) >= 11 is 1.53. The van der Waals surface area contributed by atoms with E-state index in [9.17, 15) is 0 Å². The molecule has 0 radical (unpaired) electrons. The topological polar surface area (TPSA) is 88.1 Å². The molecular formula is C12H28B2N8S. The second-order valence-corrected chi connectivity index (χ2v) is 7.51. The van der Waals surface area contributed by atoms with Crippen LogP contribution in [-0.2, 0) is 4.87 Å². The van der Waals surface area contributed by atoms with Gasteiger partial charge in [0.25, 0.3) is 0 Å². The zero-order valence-corrected chi connectivity index (χ0v) is 15.8. The number of anilines is 1. The fourth-order valence-electron chi connectivity index (χ4n) is 2.39. The van der Waals surface area contributed by atoms with E-state index in [1.165, 1.54) is 11.9 Å². The van der Waals surface area contributed by atoms with E-state index >= 15 is 0 Å². The maximum absolute atomic E-state index is 6.25. The summed E-state index contributed by atoms with van der Waals surface area (Å²) in [4.78, 5) is -0.364. The van der Waals surface area contributed by atoms with Gasteiger partial charge in [0, 0.05) is 0 Å². The van der Waals surface area contributed by atoms with E-state index in [1.807, 2.05) is 20.8 Å². The molecule has 128 valence electrons. The second kappa shape index (κ2) is 8.72. The number of tetrazole rings is 1. The minimum Gasteiger partial charge on any atom is -0.383 e. The molecule has 2 rings (SSSR count). The van der Waals surface area contributed by atoms with Gasteiger partial charge in [0.2, 0.25) is 5.95 Å². The zero-order valence-electron chi connectivity index (χ0n) is 15.0. The van der Waals surface area contributed by atoms with Gasteiger partial charge in [-0.2, -0.15) is 4.68 Å². The fourth-order valence-corrected chi connectivity index (χ4v) is 3.38. The van der Waals surface area contributed by atoms with Crippen LogP contribution >= 0.6 is 11.9 Å². The highest BCUT2D eigenvalue weighted by Gasteiger charge is 2.38. The molecule has 0 saturated heterocycles. The molecule has 0 bridgehead atoms. The highest BCUT2D eigenvalue weighted by molar-refractivity contribution is 7.98. The van der Waals surface area contributed by atoms with Crippen LogP contribution in [0.3, 0.4) is 0 Å². The molecule has 2 heterocycles. The number of aromatic nitrogens is 4. The van der Waals surface area contributed by atoms with Crippen LogP contribution in [0.2, 0.25) is 13.6 Å². The number of rotatable bonds is 2. The molecule has 0 unspecified atom stereocenters. The first kappa shape index (κ1) is 20.0. The molecule has 0 spiro atoms. The molecule has 0 fully saturated rings. The lowest BCUT2D eigenvalue weighted by atomic mass is 9.62. The normalized spacial score (nSPS) is 18.7. The zero-order chi connectivity index (χ0) is 17.6. The summed E-state index contributed by atoms with van der Waals surface area (Å²) in [7, 11) is 0. The van der Waals surface area contributed by atoms with E-state index in [-0.39, 0.29) is 18.8 Å². The lowest BCUT2D eigenvalue weighted by Crippen LogP contribution is -2.58. The van der Waals surface area contributed by atoms with Crippen molar-refractivity contribution in [1.29, 1.82) is 0 Å². The van der Waals surface area contributed by atoms with Crippen molar-refractivity contribution in [3.05, 3.63) is 12.7 Å². The minimum absolute atomic E-state index is 0.0928. The first-order chi connectivity index (χ1) is 10.8. The predicted molar refractivity (Wildman–Crippen MR) is 100 cm³/mol. The SMILES string of the molecule is C=CC.CCCN1B(C)Nc2nnnn2C(C)(C)SN(N)B1C. The third kappa shape index (κ3) is 4.97. The minimum atomic E-state index is -0.364. The van der Waals surface area contributed by atoms with E-state index in [4.69, 9.17) is 5.84 Å². The molecule has 23 heavy (non-hydrogen) atoms. The van der Waals surface area contributed by atoms with Gasteiger partial charge >= 0.3 is 14.0 Å². The van der Waals surface area contributed by atoms with Crippen LogP contribution in [0.1, 0.15) is 34.1 Å². The molecule has 1 aliphatic heterocycles. The Labute approximate surface area is 144 Å². The molecular weight excluding hydrogens is 310 g/mol. The van der Waals surface area contributed by atoms with E-state index in [0.29, 0.717) is 5.95 Å². The Morgan fingerprint density at radius 3 is 2.61 bits per heavy atom. The van der Waals surface area contributed by atoms with Crippen LogP contribution in [0.4, 0.5) is 5.95 Å². The van der Waals surface area contributed by atoms with Gasteiger partial charge in [-0.25, -0.2) is 4.33 Å². The summed E-state index contributed by atoms with van der Waals surface area (Å²) < 4.78 is 5.86. The van der Waals surface area contributed by atoms with E-state index in [2.05, 4.69) is 52.6 Å². The maximum Gasteiger partial charge on any atom is 0.329 e. The van der Waals surface area contributed by atoms with Crippen LogP contribution in [0, 0.1) is 0 Å². The largest absolute Gasteiger partial charge is 0.383 e. The molecule has 1 aliphatic rings. The summed E-state index contributed by atoms with van der Waals surface area (Å²) in [6.07, 6.45) is 2.81. The average molecular weight is 338 g/mol. The van der Waals surface area contributed by atoms with Gasteiger partial charge in [-0.05, 0) is 56.1 Å². The van der Waals surface area contributed by atoms with E-state index in [0.717, 1.165) is 13.0 Å². The van der Waals surface area contributed by atoms with Crippen molar-refractivity contribution in [3.63, 3.8) is 0 Å². The highest BCUT2D eigenvalue weighted by atomic mass is 32.2. The monoisotopic (exact) mass is 338 g/mol. The molecule has 0 aliphatic carbocycles. The summed E-state index contributed by atoms with van der Waals surface area (Å²) in [5, 5.41) is 15.3. The smallest absolute Gasteiger partial charge is 0.329 e. The average Bonchev–Trinajstić information content (AvgIpc) is 2.92. The summed E-state index contributed by atoms with van der Waals surface area (Å²) in [5.41, 5.74) is 0. The lowest BCUT2D eigenvalue weighted by molar-refractivity contribution is 0.458. The Balaban J connectivity index is 0.000000816. The van der Waals surface area contributed by atoms with Gasteiger partial charge < -0.3 is 9.95 Å². The molecule has 3 N–H and O–H groups in total. The van der Waals surface area contributed by atoms with Crippen LogP contribution in [0.15, 0.2) is 12.7 Å². The van der Waals surface area contributed by atoms with Crippen molar-refractivity contribution in [1.82, 2.24) is 29.3 Å². The van der Waals surface area contributed by atoms with E-state index < -0.39 is 0 Å². The highest BCUT2D eigenvalue weighted by Crippen LogP contribution is 2.34. The van der Waals surface area contributed by atoms with Crippen molar-refractivity contribution in [2.75, 3.05) is 11.8 Å². The van der Waals surface area contributed by atoms with E-state index in [1.54, 1.807) is 15.1 Å². The van der Waals surface area contributed by atoms with Crippen LogP contribution in [0.5, 0.6) is 0 Å². The second-order valence-electron chi connectivity index (χ2n) is 5.91. The number of hydrogen-bond donors (Lipinski definition) is 2. The Morgan fingerprint density at radius 1 is 1.43 bits per heavy atom. The molecule has 1 aromatic rings. The number of fused-ring (bicyclic) bond motifs is 1. The Morgan fingerprint density at radius 2 is 2.04 bits per heavy atom. The fraction of sp³-hybridized carbons (Fsp3) is 0.750. The molecule has 8 nitrogen and oxygen atoms in total. The first-order valence-corrected chi connectivity index (χ1v) is 8.67. The number of nitrogens with one attached hydrogen (secondary N) is 1. The van der Waals surface area contributed by atoms with Crippen molar-refractivity contribution >= 4 is 31.9 Å². The molecule has 0 atom stereocenters. The Hall–Kier alpha value is -1.03. The molecule has 0 amide bonds. The summed E-state index contributed by atoms with van der Waals surface area (Å²) in [5.74, 6) is 6.91. The Bertz CT molecular complexity index is 497. The number of hydrazine groups is 1. The van der Waals surface area contributed by atoms with Gasteiger partial charge in [0.1, 0.15) is 4.87 Å². The third-order valence-corrected chi connectivity index (χ3v) is 4.61.